The largest absolute Gasteiger partial charge is 0.329 e. The van der Waals surface area contributed by atoms with Gasteiger partial charge in [0.2, 0.25) is 0 Å². The Kier molecular flexibility index (Phi) is 4.16. The SMILES string of the molecule is CCCC1CC(CN)(Sc2cccc(C)c2)C1. The predicted molar refractivity (Wildman–Crippen MR) is 76.5 cm³/mol. The molecule has 0 amide bonds. The number of rotatable bonds is 5. The number of aryl methyl sites for hydroxylation is 1. The van der Waals surface area contributed by atoms with Crippen LogP contribution in [0.3, 0.4) is 0 Å². The Bertz CT molecular complexity index is 369. The predicted octanol–water partition coefficient (Wildman–Crippen LogP) is 3.99. The lowest BCUT2D eigenvalue weighted by Gasteiger charge is -2.47. The molecule has 2 rings (SSSR count). The van der Waals surface area contributed by atoms with Crippen molar-refractivity contribution in [2.24, 2.45) is 11.7 Å². The van der Waals surface area contributed by atoms with E-state index in [1.807, 2.05) is 11.8 Å². The van der Waals surface area contributed by atoms with Crippen molar-refractivity contribution < 1.29 is 0 Å². The molecule has 1 aliphatic carbocycles. The van der Waals surface area contributed by atoms with Crippen LogP contribution in [0.1, 0.15) is 38.2 Å². The molecule has 1 nitrogen and oxygen atoms in total. The van der Waals surface area contributed by atoms with Gasteiger partial charge in [-0.15, -0.1) is 11.8 Å². The van der Waals surface area contributed by atoms with E-state index >= 15 is 0 Å². The average Bonchev–Trinajstić information content (AvgIpc) is 2.26. The molecular formula is C15H23NS. The molecule has 2 N–H and O–H groups in total. The minimum absolute atomic E-state index is 0.327. The van der Waals surface area contributed by atoms with Crippen LogP contribution in [0.5, 0.6) is 0 Å². The van der Waals surface area contributed by atoms with E-state index in [1.54, 1.807) is 0 Å². The third kappa shape index (κ3) is 3.05. The monoisotopic (exact) mass is 249 g/mol. The summed E-state index contributed by atoms with van der Waals surface area (Å²) >= 11 is 2.00. The third-order valence-electron chi connectivity index (χ3n) is 3.71. The molecular weight excluding hydrogens is 226 g/mol. The molecule has 0 atom stereocenters. The maximum atomic E-state index is 5.99. The van der Waals surface area contributed by atoms with Gasteiger partial charge in [0, 0.05) is 16.2 Å². The van der Waals surface area contributed by atoms with Crippen molar-refractivity contribution in [2.75, 3.05) is 6.54 Å². The lowest BCUT2D eigenvalue weighted by molar-refractivity contribution is 0.220. The lowest BCUT2D eigenvalue weighted by atomic mass is 9.72. The van der Waals surface area contributed by atoms with E-state index in [4.69, 9.17) is 5.73 Å². The lowest BCUT2D eigenvalue weighted by Crippen LogP contribution is -2.46. The second-order valence-electron chi connectivity index (χ2n) is 5.37. The van der Waals surface area contributed by atoms with Gasteiger partial charge in [-0.3, -0.25) is 0 Å². The molecule has 0 unspecified atom stereocenters. The van der Waals surface area contributed by atoms with E-state index in [0.29, 0.717) is 4.75 Å². The first kappa shape index (κ1) is 13.0. The minimum atomic E-state index is 0.327. The van der Waals surface area contributed by atoms with Gasteiger partial charge >= 0.3 is 0 Å². The fourth-order valence-corrected chi connectivity index (χ4v) is 4.44. The summed E-state index contributed by atoms with van der Waals surface area (Å²) in [6.45, 7) is 5.24. The van der Waals surface area contributed by atoms with Gasteiger partial charge < -0.3 is 5.73 Å². The zero-order valence-corrected chi connectivity index (χ0v) is 11.7. The molecule has 94 valence electrons. The summed E-state index contributed by atoms with van der Waals surface area (Å²) in [6, 6.07) is 8.78. The van der Waals surface area contributed by atoms with Gasteiger partial charge in [-0.25, -0.2) is 0 Å². The highest BCUT2D eigenvalue weighted by molar-refractivity contribution is 8.00. The molecule has 0 bridgehead atoms. The molecule has 2 heteroatoms. The maximum Gasteiger partial charge on any atom is 0.0334 e. The molecule has 1 aromatic rings. The van der Waals surface area contributed by atoms with E-state index in [1.165, 1.54) is 36.1 Å². The van der Waals surface area contributed by atoms with Crippen LogP contribution in [-0.4, -0.2) is 11.3 Å². The first-order chi connectivity index (χ1) is 8.17. The Labute approximate surface area is 109 Å². The highest BCUT2D eigenvalue weighted by Crippen LogP contribution is 2.51. The fraction of sp³-hybridized carbons (Fsp3) is 0.600. The first-order valence-electron chi connectivity index (χ1n) is 6.63. The maximum absolute atomic E-state index is 5.99. The van der Waals surface area contributed by atoms with Crippen molar-refractivity contribution >= 4 is 11.8 Å². The van der Waals surface area contributed by atoms with Crippen molar-refractivity contribution in [2.45, 2.75) is 49.2 Å². The minimum Gasteiger partial charge on any atom is -0.329 e. The van der Waals surface area contributed by atoms with Gasteiger partial charge in [0.05, 0.1) is 0 Å². The highest BCUT2D eigenvalue weighted by Gasteiger charge is 2.43. The van der Waals surface area contributed by atoms with Crippen LogP contribution in [-0.2, 0) is 0 Å². The second kappa shape index (κ2) is 5.45. The first-order valence-corrected chi connectivity index (χ1v) is 7.45. The van der Waals surface area contributed by atoms with Crippen LogP contribution in [0.2, 0.25) is 0 Å². The normalized spacial score (nSPS) is 27.8. The molecule has 0 radical (unpaired) electrons. The zero-order chi connectivity index (χ0) is 12.3. The fourth-order valence-electron chi connectivity index (χ4n) is 2.83. The Morgan fingerprint density at radius 2 is 2.18 bits per heavy atom. The summed E-state index contributed by atoms with van der Waals surface area (Å²) in [5.41, 5.74) is 7.33. The number of nitrogens with two attached hydrogens (primary N) is 1. The Morgan fingerprint density at radius 3 is 2.76 bits per heavy atom. The van der Waals surface area contributed by atoms with Crippen molar-refractivity contribution in [1.29, 1.82) is 0 Å². The highest BCUT2D eigenvalue weighted by atomic mass is 32.2. The Hall–Kier alpha value is -0.470. The van der Waals surface area contributed by atoms with Gasteiger partial charge in [0.1, 0.15) is 0 Å². The van der Waals surface area contributed by atoms with Gasteiger partial charge in [0.15, 0.2) is 0 Å². The molecule has 1 saturated carbocycles. The van der Waals surface area contributed by atoms with Crippen LogP contribution in [0.25, 0.3) is 0 Å². The summed E-state index contributed by atoms with van der Waals surface area (Å²) in [5, 5.41) is 0. The van der Waals surface area contributed by atoms with Crippen molar-refractivity contribution in [3.8, 4) is 0 Å². The van der Waals surface area contributed by atoms with Crippen LogP contribution >= 0.6 is 11.8 Å². The second-order valence-corrected chi connectivity index (χ2v) is 6.91. The summed E-state index contributed by atoms with van der Waals surface area (Å²) in [5.74, 6) is 0.917. The average molecular weight is 249 g/mol. The van der Waals surface area contributed by atoms with Crippen LogP contribution in [0, 0.1) is 12.8 Å². The molecule has 1 aromatic carbocycles. The number of benzene rings is 1. The summed E-state index contributed by atoms with van der Waals surface area (Å²) in [6.07, 6.45) is 5.28. The molecule has 0 aromatic heterocycles. The molecule has 0 spiro atoms. The quantitative estimate of drug-likeness (QED) is 0.853. The van der Waals surface area contributed by atoms with E-state index in [9.17, 15) is 0 Å². The summed E-state index contributed by atoms with van der Waals surface area (Å²) in [7, 11) is 0. The molecule has 0 heterocycles. The van der Waals surface area contributed by atoms with Gasteiger partial charge in [-0.2, -0.15) is 0 Å². The Balaban J connectivity index is 1.97. The molecule has 1 fully saturated rings. The molecule has 0 saturated heterocycles. The third-order valence-corrected chi connectivity index (χ3v) is 5.14. The van der Waals surface area contributed by atoms with E-state index in [2.05, 4.69) is 38.1 Å². The Morgan fingerprint density at radius 1 is 1.41 bits per heavy atom. The van der Waals surface area contributed by atoms with Crippen molar-refractivity contribution in [3.63, 3.8) is 0 Å². The van der Waals surface area contributed by atoms with Crippen LogP contribution in [0.4, 0.5) is 0 Å². The molecule has 17 heavy (non-hydrogen) atoms. The van der Waals surface area contributed by atoms with Crippen molar-refractivity contribution in [1.82, 2.24) is 0 Å². The molecule has 0 aliphatic heterocycles. The van der Waals surface area contributed by atoms with Crippen LogP contribution in [0.15, 0.2) is 29.2 Å². The number of thioether (sulfide) groups is 1. The van der Waals surface area contributed by atoms with E-state index in [0.717, 1.165) is 12.5 Å². The van der Waals surface area contributed by atoms with Gasteiger partial charge in [-0.1, -0.05) is 37.5 Å². The molecule has 1 aliphatic rings. The van der Waals surface area contributed by atoms with E-state index < -0.39 is 0 Å². The summed E-state index contributed by atoms with van der Waals surface area (Å²) < 4.78 is 0.327. The van der Waals surface area contributed by atoms with Gasteiger partial charge in [0.25, 0.3) is 0 Å². The zero-order valence-electron chi connectivity index (χ0n) is 10.9. The van der Waals surface area contributed by atoms with Gasteiger partial charge in [-0.05, 0) is 37.8 Å². The van der Waals surface area contributed by atoms with E-state index in [-0.39, 0.29) is 0 Å². The topological polar surface area (TPSA) is 26.0 Å². The summed E-state index contributed by atoms with van der Waals surface area (Å²) in [4.78, 5) is 1.38. The number of hydrogen-bond acceptors (Lipinski definition) is 2. The smallest absolute Gasteiger partial charge is 0.0334 e. The standard InChI is InChI=1S/C15H23NS/c1-3-5-13-9-15(10-13,11-16)17-14-7-4-6-12(2)8-14/h4,6-8,13H,3,5,9-11,16H2,1-2H3. The van der Waals surface area contributed by atoms with Crippen molar-refractivity contribution in [3.05, 3.63) is 29.8 Å². The number of hydrogen-bond donors (Lipinski definition) is 1. The van der Waals surface area contributed by atoms with Crippen LogP contribution < -0.4 is 5.73 Å².